The number of amides is 2. The predicted molar refractivity (Wildman–Crippen MR) is 106 cm³/mol. The fourth-order valence-corrected chi connectivity index (χ4v) is 3.61. The fourth-order valence-electron chi connectivity index (χ4n) is 3.61. The Morgan fingerprint density at radius 1 is 1.23 bits per heavy atom. The monoisotopic (exact) mass is 429 g/mol. The summed E-state index contributed by atoms with van der Waals surface area (Å²) in [6.07, 6.45) is 1.69. The predicted octanol–water partition coefficient (Wildman–Crippen LogP) is 1.58. The average molecular weight is 429 g/mol. The van der Waals surface area contributed by atoms with E-state index < -0.39 is 23.6 Å². The Morgan fingerprint density at radius 3 is 2.74 bits per heavy atom. The van der Waals surface area contributed by atoms with Crippen LogP contribution in [0.1, 0.15) is 33.9 Å². The van der Waals surface area contributed by atoms with E-state index in [9.17, 15) is 18.4 Å². The summed E-state index contributed by atoms with van der Waals surface area (Å²) in [4.78, 5) is 31.0. The third-order valence-corrected chi connectivity index (χ3v) is 5.34. The summed E-state index contributed by atoms with van der Waals surface area (Å²) in [5.41, 5.74) is 2.24. The van der Waals surface area contributed by atoms with Gasteiger partial charge in [0, 0.05) is 19.2 Å². The Labute approximate surface area is 176 Å². The van der Waals surface area contributed by atoms with Crippen molar-refractivity contribution in [1.82, 2.24) is 29.9 Å². The Bertz CT molecular complexity index is 1170. The summed E-state index contributed by atoms with van der Waals surface area (Å²) in [5.74, 6) is -2.15. The first kappa shape index (κ1) is 20.6. The lowest BCUT2D eigenvalue weighted by molar-refractivity contribution is -0.120. The SMILES string of the molecule is Cc1nn2c(c1C)N(C)C(=O)[C@@H](NC(=O)c1ncn(Cc3ccc(F)c(F)c3)n1)CC2. The average Bonchev–Trinajstić information content (AvgIpc) is 3.28. The minimum Gasteiger partial charge on any atom is -0.337 e. The van der Waals surface area contributed by atoms with Crippen LogP contribution in [0.5, 0.6) is 0 Å². The van der Waals surface area contributed by atoms with Crippen molar-refractivity contribution < 1.29 is 18.4 Å². The van der Waals surface area contributed by atoms with Crippen molar-refractivity contribution in [2.45, 2.75) is 39.4 Å². The summed E-state index contributed by atoms with van der Waals surface area (Å²) in [5, 5.41) is 11.2. The molecule has 0 fully saturated rings. The van der Waals surface area contributed by atoms with Crippen molar-refractivity contribution in [2.75, 3.05) is 11.9 Å². The molecule has 2 amide bonds. The number of benzene rings is 1. The molecule has 1 aliphatic rings. The van der Waals surface area contributed by atoms with Gasteiger partial charge in [0.15, 0.2) is 11.6 Å². The maximum atomic E-state index is 13.4. The summed E-state index contributed by atoms with van der Waals surface area (Å²) < 4.78 is 29.5. The number of aryl methyl sites for hydroxylation is 2. The quantitative estimate of drug-likeness (QED) is 0.679. The van der Waals surface area contributed by atoms with E-state index in [4.69, 9.17) is 0 Å². The van der Waals surface area contributed by atoms with Gasteiger partial charge >= 0.3 is 0 Å². The second-order valence-electron chi connectivity index (χ2n) is 7.48. The molecule has 4 rings (SSSR count). The lowest BCUT2D eigenvalue weighted by Gasteiger charge is -2.20. The van der Waals surface area contributed by atoms with Gasteiger partial charge in [0.1, 0.15) is 18.2 Å². The number of hydrogen-bond acceptors (Lipinski definition) is 5. The van der Waals surface area contributed by atoms with Gasteiger partial charge in [-0.3, -0.25) is 14.5 Å². The molecular weight excluding hydrogens is 408 g/mol. The van der Waals surface area contributed by atoms with Crippen molar-refractivity contribution in [2.24, 2.45) is 0 Å². The molecule has 0 saturated carbocycles. The van der Waals surface area contributed by atoms with E-state index in [2.05, 4.69) is 20.5 Å². The van der Waals surface area contributed by atoms with E-state index in [0.717, 1.165) is 23.4 Å². The lowest BCUT2D eigenvalue weighted by atomic mass is 10.2. The molecule has 0 spiro atoms. The summed E-state index contributed by atoms with van der Waals surface area (Å²) in [6.45, 7) is 4.38. The van der Waals surface area contributed by atoms with E-state index in [1.54, 1.807) is 11.7 Å². The molecule has 11 heteroatoms. The van der Waals surface area contributed by atoms with Crippen LogP contribution in [0.2, 0.25) is 0 Å². The number of fused-ring (bicyclic) bond motifs is 1. The van der Waals surface area contributed by atoms with Gasteiger partial charge < -0.3 is 5.32 Å². The van der Waals surface area contributed by atoms with Crippen molar-refractivity contribution in [1.29, 1.82) is 0 Å². The van der Waals surface area contributed by atoms with E-state index >= 15 is 0 Å². The van der Waals surface area contributed by atoms with Gasteiger partial charge in [0.2, 0.25) is 5.82 Å². The van der Waals surface area contributed by atoms with Crippen LogP contribution in [0, 0.1) is 25.5 Å². The van der Waals surface area contributed by atoms with Crippen LogP contribution < -0.4 is 10.2 Å². The molecule has 0 aliphatic carbocycles. The van der Waals surface area contributed by atoms with Crippen LogP contribution in [0.25, 0.3) is 0 Å². The second-order valence-corrected chi connectivity index (χ2v) is 7.48. The minimum absolute atomic E-state index is 0.113. The van der Waals surface area contributed by atoms with Crippen molar-refractivity contribution in [3.8, 4) is 0 Å². The van der Waals surface area contributed by atoms with Gasteiger partial charge in [-0.25, -0.2) is 23.1 Å². The molecule has 0 saturated heterocycles. The molecule has 0 radical (unpaired) electrons. The maximum absolute atomic E-state index is 13.4. The molecule has 2 aromatic heterocycles. The Morgan fingerprint density at radius 2 is 2.00 bits per heavy atom. The van der Waals surface area contributed by atoms with E-state index in [-0.39, 0.29) is 18.3 Å². The van der Waals surface area contributed by atoms with Crippen molar-refractivity contribution in [3.63, 3.8) is 0 Å². The highest BCUT2D eigenvalue weighted by Gasteiger charge is 2.32. The number of halogens is 2. The van der Waals surface area contributed by atoms with E-state index in [1.165, 1.54) is 22.0 Å². The molecule has 1 aromatic carbocycles. The highest BCUT2D eigenvalue weighted by Crippen LogP contribution is 2.26. The number of hydrogen-bond donors (Lipinski definition) is 1. The van der Waals surface area contributed by atoms with Crippen LogP contribution in [-0.4, -0.2) is 49.4 Å². The zero-order valence-corrected chi connectivity index (χ0v) is 17.3. The summed E-state index contributed by atoms with van der Waals surface area (Å²) >= 11 is 0. The van der Waals surface area contributed by atoms with Crippen molar-refractivity contribution >= 4 is 17.6 Å². The molecule has 162 valence electrons. The topological polar surface area (TPSA) is 97.9 Å². The molecule has 1 atom stereocenters. The third kappa shape index (κ3) is 3.90. The standard InChI is InChI=1S/C20H21F2N7O2/c1-11-12(2)25-29-7-6-16(20(31)27(3)19(11)29)24-18(30)17-23-10-28(26-17)9-13-4-5-14(21)15(22)8-13/h4-5,8,10,16H,6-7,9H2,1-3H3,(H,24,30)/t16-/m0/s1. The highest BCUT2D eigenvalue weighted by atomic mass is 19.2. The van der Waals surface area contributed by atoms with E-state index in [1.807, 2.05) is 13.8 Å². The first-order chi connectivity index (χ1) is 14.7. The second kappa shape index (κ2) is 7.89. The Balaban J connectivity index is 1.45. The van der Waals surface area contributed by atoms with Crippen LogP contribution >= 0.6 is 0 Å². The minimum atomic E-state index is -0.961. The zero-order valence-electron chi connectivity index (χ0n) is 17.3. The van der Waals surface area contributed by atoms with Gasteiger partial charge in [-0.15, -0.1) is 5.10 Å². The van der Waals surface area contributed by atoms with Gasteiger partial charge in [0.05, 0.1) is 12.2 Å². The van der Waals surface area contributed by atoms with Gasteiger partial charge in [-0.1, -0.05) is 6.07 Å². The van der Waals surface area contributed by atoms with Gasteiger partial charge in [-0.2, -0.15) is 5.10 Å². The molecular formula is C20H21F2N7O2. The fraction of sp³-hybridized carbons (Fsp3) is 0.350. The number of rotatable bonds is 4. The smallest absolute Gasteiger partial charge is 0.291 e. The van der Waals surface area contributed by atoms with Gasteiger partial charge in [0.25, 0.3) is 11.8 Å². The Hall–Kier alpha value is -3.63. The van der Waals surface area contributed by atoms with Crippen LogP contribution in [0.15, 0.2) is 24.5 Å². The Kier molecular flexibility index (Phi) is 5.25. The summed E-state index contributed by atoms with van der Waals surface area (Å²) in [6, 6.07) is 2.76. The van der Waals surface area contributed by atoms with Gasteiger partial charge in [-0.05, 0) is 38.0 Å². The number of anilines is 1. The molecule has 31 heavy (non-hydrogen) atoms. The number of carbonyl (C=O) groups excluding carboxylic acids is 2. The highest BCUT2D eigenvalue weighted by molar-refractivity contribution is 6.01. The van der Waals surface area contributed by atoms with Crippen molar-refractivity contribution in [3.05, 3.63) is 58.8 Å². The number of aromatic nitrogens is 5. The molecule has 3 aromatic rings. The van der Waals surface area contributed by atoms with Crippen LogP contribution in [0.4, 0.5) is 14.6 Å². The molecule has 0 unspecified atom stereocenters. The normalized spacial score (nSPS) is 16.2. The molecule has 1 N–H and O–H groups in total. The maximum Gasteiger partial charge on any atom is 0.291 e. The number of likely N-dealkylation sites (N-methyl/N-ethyl adjacent to an activating group) is 1. The van der Waals surface area contributed by atoms with Crippen LogP contribution in [0.3, 0.4) is 0 Å². The molecule has 9 nitrogen and oxygen atoms in total. The third-order valence-electron chi connectivity index (χ3n) is 5.34. The zero-order chi connectivity index (χ0) is 22.3. The first-order valence-electron chi connectivity index (χ1n) is 9.70. The first-order valence-corrected chi connectivity index (χ1v) is 9.70. The van der Waals surface area contributed by atoms with Crippen LogP contribution in [-0.2, 0) is 17.9 Å². The largest absolute Gasteiger partial charge is 0.337 e. The van der Waals surface area contributed by atoms with E-state index in [0.29, 0.717) is 24.3 Å². The molecule has 0 bridgehead atoms. The molecule has 1 aliphatic heterocycles. The lowest BCUT2D eigenvalue weighted by Crippen LogP contribution is -2.47. The number of nitrogens with one attached hydrogen (secondary N) is 1. The summed E-state index contributed by atoms with van der Waals surface area (Å²) in [7, 11) is 1.65. The number of carbonyl (C=O) groups is 2. The number of nitrogens with zero attached hydrogens (tertiary/aromatic N) is 6. The molecule has 3 heterocycles.